The smallest absolute Gasteiger partial charge is 0.243 e. The van der Waals surface area contributed by atoms with E-state index in [2.05, 4.69) is 15.9 Å². The van der Waals surface area contributed by atoms with Crippen molar-refractivity contribution in [1.82, 2.24) is 9.21 Å². The van der Waals surface area contributed by atoms with Crippen LogP contribution in [-0.4, -0.2) is 55.5 Å². The molecule has 3 rings (SSSR count). The number of hydrogen-bond donors (Lipinski definition) is 0. The van der Waals surface area contributed by atoms with Gasteiger partial charge in [0, 0.05) is 31.7 Å². The number of hydrogen-bond acceptors (Lipinski definition) is 4. The maximum absolute atomic E-state index is 13.3. The number of piperazine rings is 1. The minimum atomic E-state index is -3.74. The van der Waals surface area contributed by atoms with E-state index >= 15 is 0 Å². The normalized spacial score (nSPS) is 15.3. The minimum Gasteiger partial charge on any atom is -0.340 e. The Morgan fingerprint density at radius 1 is 1.07 bits per heavy atom. The highest BCUT2D eigenvalue weighted by Gasteiger charge is 2.30. The zero-order valence-corrected chi connectivity index (χ0v) is 18.2. The van der Waals surface area contributed by atoms with E-state index < -0.39 is 15.8 Å². The van der Waals surface area contributed by atoms with E-state index in [1.807, 2.05) is 0 Å². The molecule has 0 aromatic heterocycles. The maximum Gasteiger partial charge on any atom is 0.243 e. The van der Waals surface area contributed by atoms with Crippen LogP contribution in [0.25, 0.3) is 0 Å². The van der Waals surface area contributed by atoms with Gasteiger partial charge in [0.1, 0.15) is 5.82 Å². The van der Waals surface area contributed by atoms with Crippen LogP contribution < -0.4 is 0 Å². The van der Waals surface area contributed by atoms with Gasteiger partial charge >= 0.3 is 0 Å². The molecule has 1 heterocycles. The molecule has 29 heavy (non-hydrogen) atoms. The molecule has 0 bridgehead atoms. The van der Waals surface area contributed by atoms with E-state index in [4.69, 9.17) is 0 Å². The van der Waals surface area contributed by atoms with Crippen molar-refractivity contribution in [3.05, 3.63) is 63.9 Å². The number of nitrogens with zero attached hydrogens (tertiary/aromatic N) is 2. The second kappa shape index (κ2) is 8.73. The first-order chi connectivity index (χ1) is 13.7. The lowest BCUT2D eigenvalue weighted by molar-refractivity contribution is -0.131. The summed E-state index contributed by atoms with van der Waals surface area (Å²) < 4.78 is 40.7. The molecule has 0 radical (unpaired) electrons. The summed E-state index contributed by atoms with van der Waals surface area (Å²) in [5.41, 5.74) is 1.02. The molecule has 1 aliphatic rings. The minimum absolute atomic E-state index is 0.0705. The molecular formula is C20H20BrFN2O4S. The van der Waals surface area contributed by atoms with Gasteiger partial charge in [-0.2, -0.15) is 4.31 Å². The Kier molecular flexibility index (Phi) is 6.50. The fourth-order valence-corrected chi connectivity index (χ4v) is 5.03. The molecule has 1 amide bonds. The van der Waals surface area contributed by atoms with Crippen LogP contribution in [0.15, 0.2) is 51.8 Å². The fourth-order valence-electron chi connectivity index (χ4n) is 3.14. The number of carbonyl (C=O) groups excluding carboxylic acids is 2. The summed E-state index contributed by atoms with van der Waals surface area (Å²) in [5.74, 6) is -0.738. The van der Waals surface area contributed by atoms with Crippen molar-refractivity contribution in [3.8, 4) is 0 Å². The summed E-state index contributed by atoms with van der Waals surface area (Å²) in [6, 6.07) is 10.4. The second-order valence-electron chi connectivity index (χ2n) is 6.79. The Bertz CT molecular complexity index is 1050. The summed E-state index contributed by atoms with van der Waals surface area (Å²) in [6.07, 6.45) is 0.117. The lowest BCUT2D eigenvalue weighted by Crippen LogP contribution is -2.50. The molecule has 0 spiro atoms. The van der Waals surface area contributed by atoms with Gasteiger partial charge in [-0.3, -0.25) is 9.59 Å². The highest BCUT2D eigenvalue weighted by atomic mass is 79.9. The van der Waals surface area contributed by atoms with Crippen LogP contribution in [0.5, 0.6) is 0 Å². The van der Waals surface area contributed by atoms with Crippen LogP contribution in [0.2, 0.25) is 0 Å². The van der Waals surface area contributed by atoms with Crippen LogP contribution in [0, 0.1) is 5.82 Å². The topological polar surface area (TPSA) is 74.8 Å². The van der Waals surface area contributed by atoms with Crippen LogP contribution in [0.3, 0.4) is 0 Å². The monoisotopic (exact) mass is 482 g/mol. The number of halogens is 2. The number of rotatable bonds is 5. The summed E-state index contributed by atoms with van der Waals surface area (Å²) in [4.78, 5) is 25.7. The Balaban J connectivity index is 1.65. The average Bonchev–Trinajstić information content (AvgIpc) is 2.71. The first kappa shape index (κ1) is 21.6. The lowest BCUT2D eigenvalue weighted by Gasteiger charge is -2.34. The maximum atomic E-state index is 13.3. The number of benzene rings is 2. The van der Waals surface area contributed by atoms with Crippen LogP contribution >= 0.6 is 15.9 Å². The fraction of sp³-hybridized carbons (Fsp3) is 0.300. The zero-order chi connectivity index (χ0) is 21.2. The molecule has 0 atom stereocenters. The summed E-state index contributed by atoms with van der Waals surface area (Å²) in [6.45, 7) is 2.27. The van der Waals surface area contributed by atoms with E-state index in [0.29, 0.717) is 15.6 Å². The van der Waals surface area contributed by atoms with Crippen molar-refractivity contribution in [1.29, 1.82) is 0 Å². The largest absolute Gasteiger partial charge is 0.340 e. The Labute approximate surface area is 177 Å². The predicted molar refractivity (Wildman–Crippen MR) is 110 cm³/mol. The van der Waals surface area contributed by atoms with Gasteiger partial charge in [-0.15, -0.1) is 0 Å². The quantitative estimate of drug-likeness (QED) is 0.614. The number of carbonyl (C=O) groups is 2. The van der Waals surface area contributed by atoms with Crippen molar-refractivity contribution in [3.63, 3.8) is 0 Å². The SMILES string of the molecule is CC(=O)c1cccc(S(=O)(=O)N2CCN(C(=O)Cc3ccc(F)c(Br)c3)CC2)c1. The number of amides is 1. The summed E-state index contributed by atoms with van der Waals surface area (Å²) in [7, 11) is -3.74. The van der Waals surface area contributed by atoms with Crippen molar-refractivity contribution in [2.45, 2.75) is 18.2 Å². The van der Waals surface area contributed by atoms with Gasteiger partial charge in [-0.05, 0) is 52.7 Å². The summed E-state index contributed by atoms with van der Waals surface area (Å²) >= 11 is 3.10. The van der Waals surface area contributed by atoms with Crippen molar-refractivity contribution in [2.75, 3.05) is 26.2 Å². The molecule has 2 aromatic rings. The van der Waals surface area contributed by atoms with E-state index in [9.17, 15) is 22.4 Å². The molecule has 1 aliphatic heterocycles. The standard InChI is InChI=1S/C20H20BrFN2O4S/c1-14(25)16-3-2-4-17(13-16)29(27,28)24-9-7-23(8-10-24)20(26)12-15-5-6-19(22)18(21)11-15/h2-6,11,13H,7-10,12H2,1H3. The first-order valence-electron chi connectivity index (χ1n) is 9.01. The number of Topliss-reactive ketones (excluding diaryl/α,β-unsaturated/α-hetero) is 1. The zero-order valence-electron chi connectivity index (χ0n) is 15.8. The van der Waals surface area contributed by atoms with E-state index in [1.54, 1.807) is 29.2 Å². The molecule has 154 valence electrons. The van der Waals surface area contributed by atoms with Crippen molar-refractivity contribution in [2.24, 2.45) is 0 Å². The highest BCUT2D eigenvalue weighted by molar-refractivity contribution is 9.10. The van der Waals surface area contributed by atoms with Crippen molar-refractivity contribution >= 4 is 37.6 Å². The Morgan fingerprint density at radius 3 is 2.38 bits per heavy atom. The molecule has 0 aliphatic carbocycles. The van der Waals surface area contributed by atoms with Gasteiger partial charge in [-0.1, -0.05) is 18.2 Å². The molecule has 6 nitrogen and oxygen atoms in total. The molecule has 1 saturated heterocycles. The molecule has 0 N–H and O–H groups in total. The Morgan fingerprint density at radius 2 is 1.76 bits per heavy atom. The third-order valence-corrected chi connectivity index (χ3v) is 7.31. The first-order valence-corrected chi connectivity index (χ1v) is 11.2. The van der Waals surface area contributed by atoms with Gasteiger partial charge in [0.05, 0.1) is 15.8 Å². The van der Waals surface area contributed by atoms with Gasteiger partial charge in [-0.25, -0.2) is 12.8 Å². The van der Waals surface area contributed by atoms with Gasteiger partial charge in [0.15, 0.2) is 5.78 Å². The van der Waals surface area contributed by atoms with E-state index in [0.717, 1.165) is 0 Å². The molecule has 0 unspecified atom stereocenters. The van der Waals surface area contributed by atoms with Gasteiger partial charge < -0.3 is 4.90 Å². The molecule has 1 fully saturated rings. The Hall–Kier alpha value is -2.10. The molecule has 9 heteroatoms. The van der Waals surface area contributed by atoms with Crippen LogP contribution in [0.1, 0.15) is 22.8 Å². The lowest BCUT2D eigenvalue weighted by atomic mass is 10.1. The van der Waals surface area contributed by atoms with Crippen molar-refractivity contribution < 1.29 is 22.4 Å². The van der Waals surface area contributed by atoms with E-state index in [1.165, 1.54) is 29.4 Å². The predicted octanol–water partition coefficient (Wildman–Crippen LogP) is 2.87. The number of ketones is 1. The third kappa shape index (κ3) is 4.91. The van der Waals surface area contributed by atoms with Crippen LogP contribution in [0.4, 0.5) is 4.39 Å². The van der Waals surface area contributed by atoms with Gasteiger partial charge in [0.2, 0.25) is 15.9 Å². The molecule has 2 aromatic carbocycles. The second-order valence-corrected chi connectivity index (χ2v) is 9.59. The molecular weight excluding hydrogens is 463 g/mol. The number of sulfonamides is 1. The average molecular weight is 483 g/mol. The van der Waals surface area contributed by atoms with Crippen LogP contribution in [-0.2, 0) is 21.2 Å². The van der Waals surface area contributed by atoms with Gasteiger partial charge in [0.25, 0.3) is 0 Å². The molecule has 0 saturated carbocycles. The highest BCUT2D eigenvalue weighted by Crippen LogP contribution is 2.21. The summed E-state index contributed by atoms with van der Waals surface area (Å²) in [5, 5.41) is 0. The third-order valence-electron chi connectivity index (χ3n) is 4.81. The van der Waals surface area contributed by atoms with E-state index in [-0.39, 0.29) is 49.2 Å².